The van der Waals surface area contributed by atoms with Gasteiger partial charge in [-0.1, -0.05) is 72.8 Å². The Kier molecular flexibility index (Phi) is 7.69. The van der Waals surface area contributed by atoms with E-state index < -0.39 is 0 Å². The van der Waals surface area contributed by atoms with E-state index in [0.29, 0.717) is 6.61 Å². The van der Waals surface area contributed by atoms with Crippen molar-refractivity contribution in [2.24, 2.45) is 0 Å². The third-order valence-electron chi connectivity index (χ3n) is 7.92. The van der Waals surface area contributed by atoms with Crippen molar-refractivity contribution in [1.82, 2.24) is 9.80 Å². The Hall–Kier alpha value is -4.29. The molecule has 6 heteroatoms. The summed E-state index contributed by atoms with van der Waals surface area (Å²) in [4.78, 5) is 18.2. The van der Waals surface area contributed by atoms with Crippen LogP contribution in [-0.2, 0) is 13.2 Å². The molecule has 2 amide bonds. The van der Waals surface area contributed by atoms with Gasteiger partial charge in [0.05, 0.1) is 13.2 Å². The molecule has 0 spiro atoms. The van der Waals surface area contributed by atoms with Crippen molar-refractivity contribution in [3.8, 4) is 11.5 Å². The number of carbonyl (C=O) groups excluding carboxylic acids is 1. The highest BCUT2D eigenvalue weighted by atomic mass is 16.5. The molecule has 1 fully saturated rings. The monoisotopic (exact) mass is 533 g/mol. The Bertz CT molecular complexity index is 1450. The summed E-state index contributed by atoms with van der Waals surface area (Å²) in [6.45, 7) is 3.24. The maximum absolute atomic E-state index is 13.6. The third-order valence-corrected chi connectivity index (χ3v) is 7.92. The van der Waals surface area contributed by atoms with Crippen LogP contribution in [0.5, 0.6) is 11.5 Å². The van der Waals surface area contributed by atoms with Gasteiger partial charge < -0.3 is 19.7 Å². The second-order valence-corrected chi connectivity index (χ2v) is 10.5. The van der Waals surface area contributed by atoms with Crippen molar-refractivity contribution in [2.45, 2.75) is 38.1 Å². The molecule has 2 aliphatic rings. The number of nitrogens with one attached hydrogen (secondary N) is 1. The van der Waals surface area contributed by atoms with Crippen LogP contribution in [-0.4, -0.2) is 42.1 Å². The average Bonchev–Trinajstić information content (AvgIpc) is 3.00. The molecule has 0 aliphatic carbocycles. The number of likely N-dealkylation sites (tertiary alicyclic amines) is 1. The first-order valence-corrected chi connectivity index (χ1v) is 14.0. The van der Waals surface area contributed by atoms with Gasteiger partial charge in [-0.15, -0.1) is 0 Å². The number of anilines is 1. The van der Waals surface area contributed by atoms with Gasteiger partial charge in [0.15, 0.2) is 0 Å². The van der Waals surface area contributed by atoms with E-state index in [0.717, 1.165) is 66.4 Å². The van der Waals surface area contributed by atoms with Gasteiger partial charge in [0.2, 0.25) is 0 Å². The minimum absolute atomic E-state index is 0.0365. The SMILES string of the molecule is COc1cccc(CN2CCC(N3C(=O)Nc4ccccc4C3c3cccc(OCc4ccccc4)c3)CC2)c1. The maximum atomic E-state index is 13.6. The Balaban J connectivity index is 1.22. The molecule has 6 rings (SSSR count). The molecular formula is C34H35N3O3. The zero-order valence-corrected chi connectivity index (χ0v) is 22.8. The van der Waals surface area contributed by atoms with E-state index in [9.17, 15) is 4.79 Å². The van der Waals surface area contributed by atoms with Crippen LogP contribution in [0.1, 0.15) is 41.1 Å². The number of piperidine rings is 1. The summed E-state index contributed by atoms with van der Waals surface area (Å²) in [5.41, 5.74) is 5.41. The standard InChI is InChI=1S/C34H35N3O3/c1-39-29-13-7-11-26(21-29)23-36-19-17-28(18-20-36)37-33(31-15-5-6-16-32(31)35-34(37)38)27-12-8-14-30(22-27)40-24-25-9-3-2-4-10-25/h2-16,21-22,28,33H,17-20,23-24H2,1H3,(H,35,38). The largest absolute Gasteiger partial charge is 0.497 e. The lowest BCUT2D eigenvalue weighted by Crippen LogP contribution is -2.52. The molecule has 0 aromatic heterocycles. The van der Waals surface area contributed by atoms with Crippen molar-refractivity contribution >= 4 is 11.7 Å². The molecular weight excluding hydrogens is 498 g/mol. The highest BCUT2D eigenvalue weighted by Crippen LogP contribution is 2.41. The van der Waals surface area contributed by atoms with Crippen molar-refractivity contribution in [3.05, 3.63) is 125 Å². The Morgan fingerprint density at radius 2 is 1.52 bits per heavy atom. The van der Waals surface area contributed by atoms with Crippen LogP contribution in [0.4, 0.5) is 10.5 Å². The van der Waals surface area contributed by atoms with Gasteiger partial charge in [-0.05, 0) is 59.9 Å². The molecule has 40 heavy (non-hydrogen) atoms. The van der Waals surface area contributed by atoms with Gasteiger partial charge in [-0.25, -0.2) is 4.79 Å². The Morgan fingerprint density at radius 3 is 2.35 bits per heavy atom. The zero-order valence-electron chi connectivity index (χ0n) is 22.8. The molecule has 4 aromatic rings. The summed E-state index contributed by atoms with van der Waals surface area (Å²) in [6.07, 6.45) is 1.83. The molecule has 1 atom stereocenters. The number of rotatable bonds is 8. The molecule has 1 N–H and O–H groups in total. The lowest BCUT2D eigenvalue weighted by molar-refractivity contribution is 0.105. The first kappa shape index (κ1) is 26.0. The minimum Gasteiger partial charge on any atom is -0.497 e. The first-order chi connectivity index (χ1) is 19.7. The third kappa shape index (κ3) is 5.68. The van der Waals surface area contributed by atoms with E-state index in [1.54, 1.807) is 7.11 Å². The van der Waals surface area contributed by atoms with Crippen LogP contribution in [0.3, 0.4) is 0 Å². The summed E-state index contributed by atoms with van der Waals surface area (Å²) in [5.74, 6) is 1.69. The number of hydrogen-bond acceptors (Lipinski definition) is 4. The Morgan fingerprint density at radius 1 is 0.800 bits per heavy atom. The fraction of sp³-hybridized carbons (Fsp3) is 0.265. The number of hydrogen-bond donors (Lipinski definition) is 1. The second-order valence-electron chi connectivity index (χ2n) is 10.5. The molecule has 0 saturated carbocycles. The van der Waals surface area contributed by atoms with Gasteiger partial charge in [-0.2, -0.15) is 0 Å². The molecule has 4 aromatic carbocycles. The molecule has 6 nitrogen and oxygen atoms in total. The number of ether oxygens (including phenoxy) is 2. The summed E-state index contributed by atoms with van der Waals surface area (Å²) in [7, 11) is 1.70. The molecule has 0 bridgehead atoms. The van der Waals surface area contributed by atoms with E-state index in [-0.39, 0.29) is 18.1 Å². The lowest BCUT2D eigenvalue weighted by atomic mass is 9.90. The summed E-state index contributed by atoms with van der Waals surface area (Å²) >= 11 is 0. The first-order valence-electron chi connectivity index (χ1n) is 14.0. The fourth-order valence-electron chi connectivity index (χ4n) is 5.91. The number of amides is 2. The molecule has 0 radical (unpaired) electrons. The topological polar surface area (TPSA) is 54.0 Å². The molecule has 1 saturated heterocycles. The minimum atomic E-state index is -0.180. The smallest absolute Gasteiger partial charge is 0.322 e. The molecule has 1 unspecified atom stereocenters. The number of benzene rings is 4. The molecule has 204 valence electrons. The van der Waals surface area contributed by atoms with E-state index in [1.807, 2.05) is 60.7 Å². The zero-order chi connectivity index (χ0) is 27.3. The van der Waals surface area contributed by atoms with Gasteiger partial charge in [0, 0.05) is 36.9 Å². The van der Waals surface area contributed by atoms with Gasteiger partial charge in [0.1, 0.15) is 18.1 Å². The number of methoxy groups -OCH3 is 1. The van der Waals surface area contributed by atoms with Crippen LogP contribution in [0.25, 0.3) is 0 Å². The van der Waals surface area contributed by atoms with Crippen molar-refractivity contribution in [1.29, 1.82) is 0 Å². The lowest BCUT2D eigenvalue weighted by Gasteiger charge is -2.45. The predicted molar refractivity (Wildman–Crippen MR) is 158 cm³/mol. The average molecular weight is 534 g/mol. The van der Waals surface area contributed by atoms with Crippen molar-refractivity contribution < 1.29 is 14.3 Å². The quantitative estimate of drug-likeness (QED) is 0.268. The number of urea groups is 1. The van der Waals surface area contributed by atoms with Crippen LogP contribution >= 0.6 is 0 Å². The summed E-state index contributed by atoms with van der Waals surface area (Å²) < 4.78 is 11.6. The van der Waals surface area contributed by atoms with Gasteiger partial charge in [-0.3, -0.25) is 4.90 Å². The maximum Gasteiger partial charge on any atom is 0.322 e. The van der Waals surface area contributed by atoms with Crippen molar-refractivity contribution in [3.63, 3.8) is 0 Å². The summed E-state index contributed by atoms with van der Waals surface area (Å²) in [5, 5.41) is 3.16. The van der Waals surface area contributed by atoms with Gasteiger partial charge in [0.25, 0.3) is 0 Å². The van der Waals surface area contributed by atoms with E-state index in [1.165, 1.54) is 5.56 Å². The second kappa shape index (κ2) is 11.8. The highest BCUT2D eigenvalue weighted by molar-refractivity contribution is 5.94. The summed E-state index contributed by atoms with van der Waals surface area (Å²) in [6, 6.07) is 34.7. The molecule has 2 heterocycles. The van der Waals surface area contributed by atoms with Gasteiger partial charge >= 0.3 is 6.03 Å². The normalized spacial score (nSPS) is 17.7. The van der Waals surface area contributed by atoms with Crippen LogP contribution in [0.15, 0.2) is 103 Å². The van der Waals surface area contributed by atoms with Crippen LogP contribution in [0.2, 0.25) is 0 Å². The fourth-order valence-corrected chi connectivity index (χ4v) is 5.91. The van der Waals surface area contributed by atoms with E-state index >= 15 is 0 Å². The van der Waals surface area contributed by atoms with E-state index in [4.69, 9.17) is 9.47 Å². The number of fused-ring (bicyclic) bond motifs is 1. The number of nitrogens with zero attached hydrogens (tertiary/aromatic N) is 2. The number of para-hydroxylation sites is 1. The van der Waals surface area contributed by atoms with E-state index in [2.05, 4.69) is 57.6 Å². The predicted octanol–water partition coefficient (Wildman–Crippen LogP) is 6.88. The molecule has 2 aliphatic heterocycles. The Labute approximate surface area is 236 Å². The van der Waals surface area contributed by atoms with Crippen molar-refractivity contribution in [2.75, 3.05) is 25.5 Å². The number of carbonyl (C=O) groups is 1. The highest BCUT2D eigenvalue weighted by Gasteiger charge is 2.39. The van der Waals surface area contributed by atoms with Crippen LogP contribution < -0.4 is 14.8 Å². The van der Waals surface area contributed by atoms with Crippen LogP contribution in [0, 0.1) is 0 Å².